The summed E-state index contributed by atoms with van der Waals surface area (Å²) in [6.45, 7) is 1.70. The Labute approximate surface area is 196 Å². The Morgan fingerprint density at radius 2 is 1.76 bits per heavy atom. The first kappa shape index (κ1) is 22.3. The van der Waals surface area contributed by atoms with E-state index >= 15 is 0 Å². The van der Waals surface area contributed by atoms with Crippen LogP contribution in [0.15, 0.2) is 42.7 Å². The second-order valence-corrected chi connectivity index (χ2v) is 10.3. The van der Waals surface area contributed by atoms with Gasteiger partial charge in [-0.15, -0.1) is 0 Å². The Morgan fingerprint density at radius 1 is 1.09 bits per heavy atom. The molecule has 3 fully saturated rings. The van der Waals surface area contributed by atoms with Crippen LogP contribution in [0.1, 0.15) is 56.3 Å². The van der Waals surface area contributed by atoms with Gasteiger partial charge >= 0.3 is 0 Å². The summed E-state index contributed by atoms with van der Waals surface area (Å²) in [4.78, 5) is 15.1. The van der Waals surface area contributed by atoms with E-state index in [1.54, 1.807) is 12.4 Å². The van der Waals surface area contributed by atoms with E-state index < -0.39 is 6.35 Å². The summed E-state index contributed by atoms with van der Waals surface area (Å²) in [5, 5.41) is 20.5. The van der Waals surface area contributed by atoms with Crippen LogP contribution in [0.25, 0.3) is 0 Å². The smallest absolute Gasteiger partial charge is 0.232 e. The molecule has 1 spiro atoms. The van der Waals surface area contributed by atoms with Crippen molar-refractivity contribution in [3.8, 4) is 6.07 Å². The average Bonchev–Trinajstić information content (AvgIpc) is 3.08. The lowest BCUT2D eigenvalue weighted by Crippen LogP contribution is -2.57. The van der Waals surface area contributed by atoms with Crippen molar-refractivity contribution in [1.29, 1.82) is 5.26 Å². The van der Waals surface area contributed by atoms with Crippen molar-refractivity contribution in [3.63, 3.8) is 0 Å². The number of nitriles is 1. The van der Waals surface area contributed by atoms with Crippen molar-refractivity contribution >= 4 is 5.69 Å². The molecule has 1 N–H and O–H groups in total. The van der Waals surface area contributed by atoms with Gasteiger partial charge < -0.3 is 10.0 Å². The highest BCUT2D eigenvalue weighted by molar-refractivity contribution is 5.46. The van der Waals surface area contributed by atoms with E-state index in [9.17, 15) is 5.11 Å². The summed E-state index contributed by atoms with van der Waals surface area (Å²) in [6, 6.07) is 12.9. The predicted molar refractivity (Wildman–Crippen MR) is 127 cm³/mol. The number of hydrogen-bond donors (Lipinski definition) is 1. The number of hydrogen-bond acceptors (Lipinski definition) is 7. The van der Waals surface area contributed by atoms with E-state index in [1.165, 1.54) is 24.8 Å². The van der Waals surface area contributed by atoms with Gasteiger partial charge in [0.15, 0.2) is 6.35 Å². The van der Waals surface area contributed by atoms with Crippen molar-refractivity contribution in [3.05, 3.63) is 54.1 Å². The quantitative estimate of drug-likeness (QED) is 0.755. The zero-order chi connectivity index (χ0) is 23.1. The summed E-state index contributed by atoms with van der Waals surface area (Å²) in [5.74, 6) is 0.827. The maximum atomic E-state index is 11.5. The molecule has 3 aliphatic rings. The fourth-order valence-corrected chi connectivity index (χ4v) is 6.21. The first-order chi connectivity index (χ1) is 16.0. The van der Waals surface area contributed by atoms with Crippen LogP contribution in [-0.4, -0.2) is 63.9 Å². The van der Waals surface area contributed by atoms with Gasteiger partial charge in [-0.05, 0) is 64.1 Å². The molecule has 1 aromatic heterocycles. The number of rotatable bonds is 5. The van der Waals surface area contributed by atoms with Gasteiger partial charge in [-0.1, -0.05) is 36.8 Å². The molecule has 2 aliphatic carbocycles. The number of aliphatic hydroxyl groups is 1. The van der Waals surface area contributed by atoms with Crippen molar-refractivity contribution in [1.82, 2.24) is 19.8 Å². The number of aromatic nitrogens is 2. The minimum Gasteiger partial charge on any atom is -0.361 e. The van der Waals surface area contributed by atoms with Gasteiger partial charge in [0.2, 0.25) is 5.82 Å². The van der Waals surface area contributed by atoms with Crippen LogP contribution >= 0.6 is 0 Å². The molecule has 1 saturated heterocycles. The largest absolute Gasteiger partial charge is 0.361 e. The molecule has 1 atom stereocenters. The lowest BCUT2D eigenvalue weighted by molar-refractivity contribution is -0.0661. The highest BCUT2D eigenvalue weighted by atomic mass is 16.3. The lowest BCUT2D eigenvalue weighted by Gasteiger charge is -2.52. The average molecular weight is 447 g/mol. The first-order valence-electron chi connectivity index (χ1n) is 12.1. The molecule has 7 heteroatoms. The van der Waals surface area contributed by atoms with E-state index in [-0.39, 0.29) is 16.9 Å². The maximum Gasteiger partial charge on any atom is 0.232 e. The van der Waals surface area contributed by atoms with Crippen molar-refractivity contribution in [2.24, 2.45) is 5.92 Å². The van der Waals surface area contributed by atoms with E-state index in [0.29, 0.717) is 5.92 Å². The van der Waals surface area contributed by atoms with Crippen molar-refractivity contribution in [2.45, 2.75) is 62.4 Å². The molecule has 0 amide bonds. The summed E-state index contributed by atoms with van der Waals surface area (Å²) in [7, 11) is 4.39. The molecular weight excluding hydrogens is 412 g/mol. The Bertz CT molecular complexity index is 990. The number of benzene rings is 1. The minimum atomic E-state index is -0.689. The molecule has 1 unspecified atom stereocenters. The maximum absolute atomic E-state index is 11.5. The second kappa shape index (κ2) is 8.68. The van der Waals surface area contributed by atoms with Gasteiger partial charge in [-0.2, -0.15) is 5.26 Å². The van der Waals surface area contributed by atoms with Crippen LogP contribution in [0.3, 0.4) is 0 Å². The first-order valence-corrected chi connectivity index (χ1v) is 12.1. The molecule has 2 saturated carbocycles. The minimum absolute atomic E-state index is 0.0184. The predicted octanol–water partition coefficient (Wildman–Crippen LogP) is 3.32. The third-order valence-corrected chi connectivity index (χ3v) is 8.56. The van der Waals surface area contributed by atoms with Crippen LogP contribution in [0.2, 0.25) is 0 Å². The number of aliphatic hydroxyl groups excluding tert-OH is 1. The van der Waals surface area contributed by atoms with Crippen LogP contribution in [0.5, 0.6) is 0 Å². The van der Waals surface area contributed by atoms with E-state index in [0.717, 1.165) is 44.5 Å². The van der Waals surface area contributed by atoms with Crippen LogP contribution in [0.4, 0.5) is 5.69 Å². The van der Waals surface area contributed by atoms with Gasteiger partial charge in [-0.3, -0.25) is 9.80 Å². The van der Waals surface area contributed by atoms with Crippen molar-refractivity contribution < 1.29 is 5.11 Å². The molecule has 0 radical (unpaired) electrons. The molecule has 174 valence electrons. The standard InChI is InChI=1S/C26H34N6O/c1-30(2)26(21-9-4-3-5-10-21)13-11-25(12-14-26)19-31(22-16-28-23(15-27)29-17-22)24(33)32(25)18-20-7-6-8-20/h3-5,9-10,16-17,20,24,33H,6-8,11-14,18-19H2,1-2H3/t24?,25-,26+. The fraction of sp³-hybridized carbons (Fsp3) is 0.577. The second-order valence-electron chi connectivity index (χ2n) is 10.3. The van der Waals surface area contributed by atoms with Crippen LogP contribution in [0, 0.1) is 17.2 Å². The monoisotopic (exact) mass is 446 g/mol. The highest BCUT2D eigenvalue weighted by Crippen LogP contribution is 2.50. The lowest BCUT2D eigenvalue weighted by atomic mass is 9.68. The van der Waals surface area contributed by atoms with Crippen molar-refractivity contribution in [2.75, 3.05) is 32.1 Å². The van der Waals surface area contributed by atoms with E-state index in [2.05, 4.69) is 64.2 Å². The molecule has 0 bridgehead atoms. The molecule has 2 aromatic rings. The Morgan fingerprint density at radius 3 is 2.30 bits per heavy atom. The normalized spacial score (nSPS) is 30.5. The Hall–Kier alpha value is -2.53. The van der Waals surface area contributed by atoms with E-state index in [1.807, 2.05) is 11.0 Å². The van der Waals surface area contributed by atoms with Gasteiger partial charge in [0.25, 0.3) is 0 Å². The molecule has 1 aromatic carbocycles. The zero-order valence-electron chi connectivity index (χ0n) is 19.7. The molecule has 5 rings (SSSR count). The molecular formula is C26H34N6O. The summed E-state index contributed by atoms with van der Waals surface area (Å²) >= 11 is 0. The van der Waals surface area contributed by atoms with E-state index in [4.69, 9.17) is 5.26 Å². The fourth-order valence-electron chi connectivity index (χ4n) is 6.21. The Balaban J connectivity index is 1.44. The third-order valence-electron chi connectivity index (χ3n) is 8.56. The highest BCUT2D eigenvalue weighted by Gasteiger charge is 2.55. The van der Waals surface area contributed by atoms with Gasteiger partial charge in [0.05, 0.1) is 18.1 Å². The summed E-state index contributed by atoms with van der Waals surface area (Å²) in [6.07, 6.45) is 10.6. The SMILES string of the molecule is CN(C)[C@]1(c2ccccc2)CC[C@]2(CC1)CN(c1cnc(C#N)nc1)C(O)N2CC1CCC1. The Kier molecular flexibility index (Phi) is 5.86. The summed E-state index contributed by atoms with van der Waals surface area (Å²) in [5.41, 5.74) is 2.11. The van der Waals surface area contributed by atoms with Gasteiger partial charge in [-0.25, -0.2) is 9.97 Å². The zero-order valence-corrected chi connectivity index (χ0v) is 19.7. The molecule has 1 aliphatic heterocycles. The molecule has 2 heterocycles. The van der Waals surface area contributed by atoms with Crippen LogP contribution < -0.4 is 4.90 Å². The van der Waals surface area contributed by atoms with Gasteiger partial charge in [0, 0.05) is 24.2 Å². The third kappa shape index (κ3) is 3.80. The molecule has 7 nitrogen and oxygen atoms in total. The van der Waals surface area contributed by atoms with Crippen LogP contribution in [-0.2, 0) is 5.54 Å². The van der Waals surface area contributed by atoms with Gasteiger partial charge in [0.1, 0.15) is 6.07 Å². The number of anilines is 1. The number of nitrogens with zero attached hydrogens (tertiary/aromatic N) is 6. The molecule has 33 heavy (non-hydrogen) atoms. The summed E-state index contributed by atoms with van der Waals surface area (Å²) < 4.78 is 0. The topological polar surface area (TPSA) is 79.5 Å².